The molecule has 1 atom stereocenters. The van der Waals surface area contributed by atoms with E-state index in [2.05, 4.69) is 15.0 Å². The van der Waals surface area contributed by atoms with Crippen LogP contribution in [0, 0.1) is 5.82 Å². The second-order valence-electron chi connectivity index (χ2n) is 5.51. The van der Waals surface area contributed by atoms with Gasteiger partial charge in [-0.25, -0.2) is 14.4 Å². The summed E-state index contributed by atoms with van der Waals surface area (Å²) >= 11 is 6.02. The number of anilines is 1. The van der Waals surface area contributed by atoms with Gasteiger partial charge in [0, 0.05) is 21.9 Å². The van der Waals surface area contributed by atoms with Crippen molar-refractivity contribution in [3.63, 3.8) is 0 Å². The number of fused-ring (bicyclic) bond motifs is 1. The van der Waals surface area contributed by atoms with Crippen molar-refractivity contribution in [1.82, 2.24) is 15.0 Å². The van der Waals surface area contributed by atoms with E-state index in [1.807, 2.05) is 36.4 Å². The molecule has 1 aliphatic carbocycles. The molecule has 0 spiro atoms. The van der Waals surface area contributed by atoms with E-state index < -0.39 is 5.82 Å². The van der Waals surface area contributed by atoms with E-state index in [0.29, 0.717) is 16.4 Å². The summed E-state index contributed by atoms with van der Waals surface area (Å²) in [6, 6.07) is 7.04. The molecule has 0 saturated heterocycles. The Kier molecular flexibility index (Phi) is 3.50. The van der Waals surface area contributed by atoms with Gasteiger partial charge in [-0.2, -0.15) is 0 Å². The standard InChI is InChI=1S/C18H12ClFN4/c19-12-3-1-11(5-12)17-14(7-13(20)8-22-17)10-2-4-16-15(6-10)18(21)24-9-23-16/h1-9,11H,(H2,21,23,24). The second-order valence-corrected chi connectivity index (χ2v) is 5.95. The molecular weight excluding hydrogens is 327 g/mol. The molecule has 2 aromatic heterocycles. The highest BCUT2D eigenvalue weighted by Gasteiger charge is 2.18. The predicted molar refractivity (Wildman–Crippen MR) is 93.0 cm³/mol. The first-order chi connectivity index (χ1) is 11.6. The van der Waals surface area contributed by atoms with E-state index in [9.17, 15) is 4.39 Å². The normalized spacial score (nSPS) is 16.6. The van der Waals surface area contributed by atoms with Crippen LogP contribution in [-0.2, 0) is 0 Å². The maximum atomic E-state index is 13.8. The molecule has 4 rings (SSSR count). The van der Waals surface area contributed by atoms with Gasteiger partial charge in [-0.3, -0.25) is 4.98 Å². The Hall–Kier alpha value is -2.79. The van der Waals surface area contributed by atoms with Crippen molar-refractivity contribution in [2.24, 2.45) is 0 Å². The van der Waals surface area contributed by atoms with Crippen LogP contribution in [0.15, 0.2) is 60.0 Å². The number of halogens is 2. The Morgan fingerprint density at radius 1 is 1.12 bits per heavy atom. The minimum atomic E-state index is -0.400. The Morgan fingerprint density at radius 3 is 2.79 bits per heavy atom. The average Bonchev–Trinajstić information content (AvgIpc) is 3.01. The van der Waals surface area contributed by atoms with Crippen molar-refractivity contribution in [2.75, 3.05) is 5.73 Å². The molecule has 0 radical (unpaired) electrons. The van der Waals surface area contributed by atoms with Crippen molar-refractivity contribution in [3.05, 3.63) is 71.6 Å². The minimum absolute atomic E-state index is 0.0897. The van der Waals surface area contributed by atoms with Gasteiger partial charge in [-0.05, 0) is 29.8 Å². The summed E-state index contributed by atoms with van der Waals surface area (Å²) in [7, 11) is 0. The molecule has 0 amide bonds. The van der Waals surface area contributed by atoms with Crippen molar-refractivity contribution in [1.29, 1.82) is 0 Å². The molecule has 2 N–H and O–H groups in total. The summed E-state index contributed by atoms with van der Waals surface area (Å²) in [5.74, 6) is -0.104. The van der Waals surface area contributed by atoms with Gasteiger partial charge in [0.15, 0.2) is 0 Å². The van der Waals surface area contributed by atoms with E-state index >= 15 is 0 Å². The molecule has 118 valence electrons. The third-order valence-electron chi connectivity index (χ3n) is 3.98. The highest BCUT2D eigenvalue weighted by molar-refractivity contribution is 6.31. The summed E-state index contributed by atoms with van der Waals surface area (Å²) in [6.45, 7) is 0. The molecule has 6 heteroatoms. The lowest BCUT2D eigenvalue weighted by atomic mass is 9.95. The fourth-order valence-electron chi connectivity index (χ4n) is 2.84. The molecule has 2 heterocycles. The van der Waals surface area contributed by atoms with Crippen molar-refractivity contribution in [3.8, 4) is 11.1 Å². The number of nitrogens with two attached hydrogens (primary N) is 1. The molecule has 0 saturated carbocycles. The Bertz CT molecular complexity index is 1010. The number of aromatic nitrogens is 3. The maximum absolute atomic E-state index is 13.8. The van der Waals surface area contributed by atoms with E-state index in [4.69, 9.17) is 17.3 Å². The first kappa shape index (κ1) is 14.8. The predicted octanol–water partition coefficient (Wildman–Crippen LogP) is 4.19. The third kappa shape index (κ3) is 2.53. The Morgan fingerprint density at radius 2 is 2.00 bits per heavy atom. The van der Waals surface area contributed by atoms with Crippen LogP contribution in [0.4, 0.5) is 10.2 Å². The number of pyridine rings is 1. The van der Waals surface area contributed by atoms with Gasteiger partial charge in [-0.1, -0.05) is 29.8 Å². The summed E-state index contributed by atoms with van der Waals surface area (Å²) in [5, 5.41) is 1.37. The number of nitrogens with zero attached hydrogens (tertiary/aromatic N) is 3. The van der Waals surface area contributed by atoms with Gasteiger partial charge >= 0.3 is 0 Å². The zero-order chi connectivity index (χ0) is 16.7. The molecule has 1 aliphatic rings. The number of allylic oxidation sites excluding steroid dienone is 4. The van der Waals surface area contributed by atoms with E-state index in [0.717, 1.165) is 22.2 Å². The summed E-state index contributed by atoms with van der Waals surface area (Å²) in [4.78, 5) is 12.5. The van der Waals surface area contributed by atoms with Gasteiger partial charge in [0.2, 0.25) is 0 Å². The van der Waals surface area contributed by atoms with Crippen LogP contribution in [-0.4, -0.2) is 15.0 Å². The monoisotopic (exact) mass is 338 g/mol. The molecule has 24 heavy (non-hydrogen) atoms. The molecule has 0 bridgehead atoms. The van der Waals surface area contributed by atoms with Gasteiger partial charge in [0.1, 0.15) is 18.0 Å². The fraction of sp³-hybridized carbons (Fsp3) is 0.0556. The Balaban J connectivity index is 1.91. The molecule has 3 aromatic rings. The second kappa shape index (κ2) is 5.69. The average molecular weight is 339 g/mol. The van der Waals surface area contributed by atoms with Gasteiger partial charge in [0.05, 0.1) is 17.4 Å². The topological polar surface area (TPSA) is 64.7 Å². The molecule has 0 fully saturated rings. The molecular formula is C18H12ClFN4. The lowest BCUT2D eigenvalue weighted by molar-refractivity contribution is 0.620. The maximum Gasteiger partial charge on any atom is 0.142 e. The lowest BCUT2D eigenvalue weighted by Gasteiger charge is -2.13. The first-order valence-corrected chi connectivity index (χ1v) is 7.71. The number of hydrogen-bond donors (Lipinski definition) is 1. The van der Waals surface area contributed by atoms with Crippen molar-refractivity contribution in [2.45, 2.75) is 5.92 Å². The number of nitrogen functional groups attached to an aromatic ring is 1. The number of rotatable bonds is 2. The molecule has 1 unspecified atom stereocenters. The highest BCUT2D eigenvalue weighted by atomic mass is 35.5. The quantitative estimate of drug-likeness (QED) is 0.761. The van der Waals surface area contributed by atoms with Crippen LogP contribution >= 0.6 is 11.6 Å². The zero-order valence-corrected chi connectivity index (χ0v) is 13.2. The van der Waals surface area contributed by atoms with Crippen LogP contribution in [0.1, 0.15) is 11.6 Å². The number of benzene rings is 1. The minimum Gasteiger partial charge on any atom is -0.383 e. The van der Waals surface area contributed by atoms with Crippen LogP contribution in [0.3, 0.4) is 0 Å². The van der Waals surface area contributed by atoms with Crippen molar-refractivity contribution < 1.29 is 4.39 Å². The van der Waals surface area contributed by atoms with E-state index in [1.54, 1.807) is 0 Å². The molecule has 4 nitrogen and oxygen atoms in total. The zero-order valence-electron chi connectivity index (χ0n) is 12.4. The van der Waals surface area contributed by atoms with E-state index in [-0.39, 0.29) is 5.92 Å². The smallest absolute Gasteiger partial charge is 0.142 e. The van der Waals surface area contributed by atoms with Crippen LogP contribution in [0.25, 0.3) is 22.0 Å². The summed E-state index contributed by atoms with van der Waals surface area (Å²) in [6.07, 6.45) is 8.26. The van der Waals surface area contributed by atoms with Crippen LogP contribution in [0.2, 0.25) is 0 Å². The van der Waals surface area contributed by atoms with Gasteiger partial charge in [-0.15, -0.1) is 0 Å². The van der Waals surface area contributed by atoms with Crippen molar-refractivity contribution >= 4 is 28.3 Å². The van der Waals surface area contributed by atoms with Crippen LogP contribution < -0.4 is 5.73 Å². The lowest BCUT2D eigenvalue weighted by Crippen LogP contribution is -2.00. The molecule has 0 aliphatic heterocycles. The Labute approximate surface area is 142 Å². The fourth-order valence-corrected chi connectivity index (χ4v) is 3.05. The highest BCUT2D eigenvalue weighted by Crippen LogP contribution is 2.35. The summed E-state index contributed by atoms with van der Waals surface area (Å²) < 4.78 is 13.8. The van der Waals surface area contributed by atoms with E-state index in [1.165, 1.54) is 18.6 Å². The molecule has 1 aromatic carbocycles. The van der Waals surface area contributed by atoms with Crippen LogP contribution in [0.5, 0.6) is 0 Å². The van der Waals surface area contributed by atoms with Gasteiger partial charge in [0.25, 0.3) is 0 Å². The SMILES string of the molecule is Nc1ncnc2ccc(-c3cc(F)cnc3C3C=CC(Cl)=C3)cc12. The number of hydrogen-bond acceptors (Lipinski definition) is 4. The summed E-state index contributed by atoms with van der Waals surface area (Å²) in [5.41, 5.74) is 8.90. The third-order valence-corrected chi connectivity index (χ3v) is 4.23. The largest absolute Gasteiger partial charge is 0.383 e. The van der Waals surface area contributed by atoms with Gasteiger partial charge < -0.3 is 5.73 Å². The first-order valence-electron chi connectivity index (χ1n) is 7.33.